The number of halogens is 2. The van der Waals surface area contributed by atoms with E-state index in [1.54, 1.807) is 6.20 Å². The number of aromatic nitrogens is 4. The Balaban J connectivity index is 1.31. The van der Waals surface area contributed by atoms with E-state index < -0.39 is 11.6 Å². The summed E-state index contributed by atoms with van der Waals surface area (Å²) in [5.74, 6) is -0.547. The van der Waals surface area contributed by atoms with Crippen LogP contribution in [0, 0.1) is 11.6 Å². The van der Waals surface area contributed by atoms with Crippen LogP contribution in [0.5, 0.6) is 0 Å². The Morgan fingerprint density at radius 2 is 2.03 bits per heavy atom. The Labute approximate surface area is 172 Å². The third kappa shape index (κ3) is 3.51. The summed E-state index contributed by atoms with van der Waals surface area (Å²) in [4.78, 5) is 17.4. The van der Waals surface area contributed by atoms with Gasteiger partial charge in [0.05, 0.1) is 5.69 Å². The maximum absolute atomic E-state index is 14.1. The minimum Gasteiger partial charge on any atom is -0.346 e. The second-order valence-electron chi connectivity index (χ2n) is 8.12. The topological polar surface area (TPSA) is 75.6 Å². The Morgan fingerprint density at radius 1 is 1.17 bits per heavy atom. The number of carbonyl (C=O) groups excluding carboxylic acids is 1. The minimum absolute atomic E-state index is 0.0526. The fourth-order valence-electron chi connectivity index (χ4n) is 4.49. The van der Waals surface area contributed by atoms with Crippen LogP contribution in [0.3, 0.4) is 0 Å². The number of hydrogen-bond donors (Lipinski definition) is 2. The van der Waals surface area contributed by atoms with E-state index in [9.17, 15) is 13.6 Å². The second kappa shape index (κ2) is 7.66. The molecule has 1 aliphatic carbocycles. The van der Waals surface area contributed by atoms with Gasteiger partial charge >= 0.3 is 0 Å². The molecule has 2 aromatic heterocycles. The van der Waals surface area contributed by atoms with Gasteiger partial charge in [-0.3, -0.25) is 9.89 Å². The molecule has 2 aliphatic rings. The Kier molecular flexibility index (Phi) is 4.84. The first-order valence-corrected chi connectivity index (χ1v) is 10.5. The van der Waals surface area contributed by atoms with Crippen molar-refractivity contribution in [2.75, 3.05) is 0 Å². The van der Waals surface area contributed by atoms with Crippen LogP contribution in [0.4, 0.5) is 8.78 Å². The van der Waals surface area contributed by atoms with Crippen molar-refractivity contribution >= 4 is 5.91 Å². The van der Waals surface area contributed by atoms with E-state index in [0.29, 0.717) is 24.4 Å². The number of nitrogens with zero attached hydrogens (tertiary/aromatic N) is 3. The zero-order valence-corrected chi connectivity index (χ0v) is 16.5. The Bertz CT molecular complexity index is 1100. The van der Waals surface area contributed by atoms with Crippen LogP contribution in [-0.4, -0.2) is 31.7 Å². The molecule has 156 valence electrons. The normalized spacial score (nSPS) is 18.4. The van der Waals surface area contributed by atoms with Crippen molar-refractivity contribution < 1.29 is 13.6 Å². The molecular formula is C22H23F2N5O. The number of benzene rings is 1. The number of aromatic amines is 1. The van der Waals surface area contributed by atoms with Crippen LogP contribution >= 0.6 is 0 Å². The van der Waals surface area contributed by atoms with Crippen molar-refractivity contribution in [1.82, 2.24) is 25.1 Å². The van der Waals surface area contributed by atoms with Crippen molar-refractivity contribution in [2.45, 2.75) is 57.5 Å². The number of carbonyl (C=O) groups is 1. The van der Waals surface area contributed by atoms with Gasteiger partial charge in [0.1, 0.15) is 17.5 Å². The Morgan fingerprint density at radius 3 is 2.90 bits per heavy atom. The van der Waals surface area contributed by atoms with Gasteiger partial charge in [-0.25, -0.2) is 13.8 Å². The van der Waals surface area contributed by atoms with Gasteiger partial charge in [0.2, 0.25) is 0 Å². The smallest absolute Gasteiger partial charge is 0.272 e. The summed E-state index contributed by atoms with van der Waals surface area (Å²) in [6.07, 6.45) is 8.40. The summed E-state index contributed by atoms with van der Waals surface area (Å²) < 4.78 is 29.3. The summed E-state index contributed by atoms with van der Waals surface area (Å²) in [6.45, 7) is 0.559. The van der Waals surface area contributed by atoms with Crippen molar-refractivity contribution in [2.24, 2.45) is 0 Å². The first-order chi connectivity index (χ1) is 14.6. The number of aryl methyl sites for hydroxylation is 2. The molecule has 30 heavy (non-hydrogen) atoms. The highest BCUT2D eigenvalue weighted by molar-refractivity contribution is 5.94. The number of nitrogens with one attached hydrogen (secondary N) is 2. The van der Waals surface area contributed by atoms with Gasteiger partial charge in [-0.1, -0.05) is 6.42 Å². The van der Waals surface area contributed by atoms with E-state index in [0.717, 1.165) is 55.3 Å². The summed E-state index contributed by atoms with van der Waals surface area (Å²) in [7, 11) is 0. The molecule has 0 saturated carbocycles. The highest BCUT2D eigenvalue weighted by Gasteiger charge is 2.26. The number of fused-ring (bicyclic) bond motifs is 2. The fourth-order valence-corrected chi connectivity index (χ4v) is 4.49. The lowest BCUT2D eigenvalue weighted by molar-refractivity contribution is 0.0921. The molecule has 8 heteroatoms. The molecule has 0 bridgehead atoms. The molecule has 1 unspecified atom stereocenters. The van der Waals surface area contributed by atoms with Crippen LogP contribution in [0.1, 0.15) is 53.3 Å². The van der Waals surface area contributed by atoms with Crippen molar-refractivity contribution in [3.05, 3.63) is 58.8 Å². The standard InChI is InChI=1S/C22H23F2N5O/c23-13-6-8-15(17(24)10-13)19-12-29-11-14(7-9-20(29)26-19)25-22(30)21-16-4-2-1-3-5-18(16)27-28-21/h6,8,10,12,14H,1-5,7,9,11H2,(H,25,30)(H,27,28). The molecule has 1 aliphatic heterocycles. The van der Waals surface area contributed by atoms with Gasteiger partial charge in [-0.2, -0.15) is 5.10 Å². The van der Waals surface area contributed by atoms with Crippen LogP contribution < -0.4 is 5.32 Å². The van der Waals surface area contributed by atoms with E-state index in [1.165, 1.54) is 18.6 Å². The van der Waals surface area contributed by atoms with Gasteiger partial charge in [0, 0.05) is 48.1 Å². The minimum atomic E-state index is -0.630. The molecule has 0 spiro atoms. The van der Waals surface area contributed by atoms with Gasteiger partial charge in [0.25, 0.3) is 5.91 Å². The summed E-state index contributed by atoms with van der Waals surface area (Å²) in [6, 6.07) is 3.45. The van der Waals surface area contributed by atoms with Crippen LogP contribution in [0.2, 0.25) is 0 Å². The highest BCUT2D eigenvalue weighted by Crippen LogP contribution is 2.26. The first-order valence-electron chi connectivity index (χ1n) is 10.5. The molecule has 3 heterocycles. The summed E-state index contributed by atoms with van der Waals surface area (Å²) in [5, 5.41) is 10.4. The van der Waals surface area contributed by atoms with Gasteiger partial charge in [0.15, 0.2) is 5.69 Å². The average molecular weight is 411 g/mol. The molecule has 0 radical (unpaired) electrons. The molecule has 0 fully saturated rings. The van der Waals surface area contributed by atoms with Crippen LogP contribution in [0.15, 0.2) is 24.4 Å². The second-order valence-corrected chi connectivity index (χ2v) is 8.12. The predicted molar refractivity (Wildman–Crippen MR) is 107 cm³/mol. The van der Waals surface area contributed by atoms with E-state index in [-0.39, 0.29) is 17.5 Å². The third-order valence-corrected chi connectivity index (χ3v) is 6.06. The maximum atomic E-state index is 14.1. The summed E-state index contributed by atoms with van der Waals surface area (Å²) >= 11 is 0. The number of amides is 1. The number of H-pyrrole nitrogens is 1. The molecular weight excluding hydrogens is 388 g/mol. The van der Waals surface area contributed by atoms with E-state index in [1.807, 2.05) is 4.57 Å². The third-order valence-electron chi connectivity index (χ3n) is 6.06. The average Bonchev–Trinajstić information content (AvgIpc) is 3.24. The Hall–Kier alpha value is -3.03. The van der Waals surface area contributed by atoms with E-state index in [2.05, 4.69) is 20.5 Å². The quantitative estimate of drug-likeness (QED) is 0.647. The molecule has 5 rings (SSSR count). The lowest BCUT2D eigenvalue weighted by Crippen LogP contribution is -2.41. The van der Waals surface area contributed by atoms with Crippen molar-refractivity contribution in [3.8, 4) is 11.3 Å². The summed E-state index contributed by atoms with van der Waals surface area (Å²) in [5.41, 5.74) is 3.41. The first kappa shape index (κ1) is 19.0. The molecule has 1 amide bonds. The van der Waals surface area contributed by atoms with Gasteiger partial charge in [-0.05, 0) is 44.2 Å². The SMILES string of the molecule is O=C(NC1CCc2nc(-c3ccc(F)cc3F)cn2C1)c1n[nH]c2c1CCCCC2. The monoisotopic (exact) mass is 411 g/mol. The maximum Gasteiger partial charge on any atom is 0.272 e. The lowest BCUT2D eigenvalue weighted by atomic mass is 10.1. The van der Waals surface area contributed by atoms with Crippen LogP contribution in [-0.2, 0) is 25.8 Å². The zero-order valence-electron chi connectivity index (χ0n) is 16.5. The molecule has 0 saturated heterocycles. The van der Waals surface area contributed by atoms with Gasteiger partial charge in [-0.15, -0.1) is 0 Å². The van der Waals surface area contributed by atoms with Gasteiger partial charge < -0.3 is 9.88 Å². The van der Waals surface area contributed by atoms with Crippen LogP contribution in [0.25, 0.3) is 11.3 Å². The van der Waals surface area contributed by atoms with Crippen molar-refractivity contribution in [3.63, 3.8) is 0 Å². The lowest BCUT2D eigenvalue weighted by Gasteiger charge is -2.24. The van der Waals surface area contributed by atoms with Crippen molar-refractivity contribution in [1.29, 1.82) is 0 Å². The molecule has 1 atom stereocenters. The fraction of sp³-hybridized carbons (Fsp3) is 0.409. The molecule has 2 N–H and O–H groups in total. The van der Waals surface area contributed by atoms with E-state index in [4.69, 9.17) is 0 Å². The van der Waals surface area contributed by atoms with E-state index >= 15 is 0 Å². The highest BCUT2D eigenvalue weighted by atomic mass is 19.1. The largest absolute Gasteiger partial charge is 0.346 e. The number of hydrogen-bond acceptors (Lipinski definition) is 3. The number of imidazole rings is 1. The molecule has 6 nitrogen and oxygen atoms in total. The molecule has 3 aromatic rings. The predicted octanol–water partition coefficient (Wildman–Crippen LogP) is 3.57. The number of rotatable bonds is 3. The molecule has 1 aromatic carbocycles. The zero-order chi connectivity index (χ0) is 20.7.